The number of halogens is 1. The third kappa shape index (κ3) is 2.59. The molecule has 0 amide bonds. The monoisotopic (exact) mass is 324 g/mol. The molecule has 6 heteroatoms. The highest BCUT2D eigenvalue weighted by atomic mass is 79.9. The van der Waals surface area contributed by atoms with Crippen molar-refractivity contribution in [1.29, 1.82) is 0 Å². The van der Waals surface area contributed by atoms with Crippen molar-refractivity contribution < 1.29 is 0 Å². The van der Waals surface area contributed by atoms with Gasteiger partial charge in [-0.15, -0.1) is 0 Å². The van der Waals surface area contributed by atoms with Crippen molar-refractivity contribution in [2.75, 3.05) is 0 Å². The summed E-state index contributed by atoms with van der Waals surface area (Å²) in [6.45, 7) is 4.68. The minimum Gasteiger partial charge on any atom is -0.388 e. The molecule has 2 heterocycles. The van der Waals surface area contributed by atoms with Crippen molar-refractivity contribution in [1.82, 2.24) is 14.8 Å². The molecule has 94 valence electrons. The van der Waals surface area contributed by atoms with Crippen LogP contribution < -0.4 is 5.73 Å². The first-order chi connectivity index (χ1) is 8.49. The summed E-state index contributed by atoms with van der Waals surface area (Å²) in [4.78, 5) is 4.43. The lowest BCUT2D eigenvalue weighted by Crippen LogP contribution is -2.12. The summed E-state index contributed by atoms with van der Waals surface area (Å²) in [6, 6.07) is 3.83. The summed E-state index contributed by atoms with van der Waals surface area (Å²) in [7, 11) is 0. The zero-order valence-corrected chi connectivity index (χ0v) is 12.5. The second-order valence-corrected chi connectivity index (χ2v) is 5.29. The lowest BCUT2D eigenvalue weighted by Gasteiger charge is -2.06. The van der Waals surface area contributed by atoms with Gasteiger partial charge in [0.15, 0.2) is 0 Å². The van der Waals surface area contributed by atoms with Crippen LogP contribution in [-0.4, -0.2) is 19.8 Å². The van der Waals surface area contributed by atoms with E-state index >= 15 is 0 Å². The molecule has 0 saturated carbocycles. The smallest absolute Gasteiger partial charge is 0.122 e. The first-order valence-electron chi connectivity index (χ1n) is 5.43. The minimum absolute atomic E-state index is 0.311. The average molecular weight is 325 g/mol. The van der Waals surface area contributed by atoms with Crippen LogP contribution in [0.4, 0.5) is 0 Å². The van der Waals surface area contributed by atoms with Crippen LogP contribution in [0, 0.1) is 13.8 Å². The molecule has 2 aromatic rings. The molecule has 0 radical (unpaired) electrons. The quantitative estimate of drug-likeness (QED) is 0.880. The molecule has 0 fully saturated rings. The van der Waals surface area contributed by atoms with Gasteiger partial charge in [0.25, 0.3) is 0 Å². The Morgan fingerprint density at radius 1 is 1.50 bits per heavy atom. The maximum Gasteiger partial charge on any atom is 0.122 e. The fourth-order valence-corrected chi connectivity index (χ4v) is 2.10. The van der Waals surface area contributed by atoms with Gasteiger partial charge in [0, 0.05) is 6.20 Å². The van der Waals surface area contributed by atoms with Gasteiger partial charge in [-0.25, -0.2) is 0 Å². The van der Waals surface area contributed by atoms with Gasteiger partial charge < -0.3 is 5.73 Å². The van der Waals surface area contributed by atoms with E-state index in [1.165, 1.54) is 0 Å². The lowest BCUT2D eigenvalue weighted by atomic mass is 10.2. The molecular weight excluding hydrogens is 312 g/mol. The number of nitrogens with zero attached hydrogens (tertiary/aromatic N) is 3. The lowest BCUT2D eigenvalue weighted by molar-refractivity contribution is 0.658. The van der Waals surface area contributed by atoms with Gasteiger partial charge in [-0.05, 0) is 47.5 Å². The van der Waals surface area contributed by atoms with E-state index in [0.717, 1.165) is 21.4 Å². The second-order valence-electron chi connectivity index (χ2n) is 4.06. The predicted octanol–water partition coefficient (Wildman–Crippen LogP) is 2.34. The highest BCUT2D eigenvalue weighted by Gasteiger charge is 2.09. The van der Waals surface area contributed by atoms with Gasteiger partial charge >= 0.3 is 0 Å². The van der Waals surface area contributed by atoms with Crippen molar-refractivity contribution in [3.63, 3.8) is 0 Å². The van der Waals surface area contributed by atoms with Crippen molar-refractivity contribution in [3.05, 3.63) is 45.4 Å². The van der Waals surface area contributed by atoms with Crippen molar-refractivity contribution in [3.8, 4) is 0 Å². The maximum absolute atomic E-state index is 5.57. The predicted molar refractivity (Wildman–Crippen MR) is 78.6 cm³/mol. The van der Waals surface area contributed by atoms with Crippen LogP contribution in [0.2, 0.25) is 0 Å². The molecule has 0 unspecified atom stereocenters. The highest BCUT2D eigenvalue weighted by Crippen LogP contribution is 2.20. The molecule has 0 saturated heterocycles. The van der Waals surface area contributed by atoms with E-state index in [0.29, 0.717) is 17.2 Å². The summed E-state index contributed by atoms with van der Waals surface area (Å²) >= 11 is 8.44. The number of thiocarbonyl (C=S) groups is 1. The first kappa shape index (κ1) is 13.2. The largest absolute Gasteiger partial charge is 0.388 e. The van der Waals surface area contributed by atoms with E-state index in [9.17, 15) is 0 Å². The van der Waals surface area contributed by atoms with Gasteiger partial charge in [-0.2, -0.15) is 5.10 Å². The Hall–Kier alpha value is -1.27. The topological polar surface area (TPSA) is 56.7 Å². The molecule has 0 aliphatic carbocycles. The minimum atomic E-state index is 0.311. The summed E-state index contributed by atoms with van der Waals surface area (Å²) in [5.41, 5.74) is 9.37. The van der Waals surface area contributed by atoms with Crippen molar-refractivity contribution in [2.24, 2.45) is 5.73 Å². The maximum atomic E-state index is 5.57. The molecule has 2 rings (SSSR count). The fraction of sp³-hybridized carbons (Fsp3) is 0.250. The zero-order valence-electron chi connectivity index (χ0n) is 10.1. The molecule has 0 atom stereocenters. The number of hydrogen-bond donors (Lipinski definition) is 1. The number of rotatable bonds is 3. The number of nitrogens with two attached hydrogens (primary N) is 1. The van der Waals surface area contributed by atoms with E-state index in [1.807, 2.05) is 30.7 Å². The summed E-state index contributed by atoms with van der Waals surface area (Å²) in [6.07, 6.45) is 1.71. The van der Waals surface area contributed by atoms with Crippen molar-refractivity contribution >= 4 is 33.1 Å². The van der Waals surface area contributed by atoms with Crippen LogP contribution in [0.25, 0.3) is 0 Å². The van der Waals surface area contributed by atoms with Gasteiger partial charge in [-0.1, -0.05) is 12.2 Å². The van der Waals surface area contributed by atoms with Crippen LogP contribution in [-0.2, 0) is 6.54 Å². The molecule has 4 nitrogen and oxygen atoms in total. The normalized spacial score (nSPS) is 10.6. The van der Waals surface area contributed by atoms with Crippen LogP contribution in [0.1, 0.15) is 22.6 Å². The number of aromatic nitrogens is 3. The number of hydrogen-bond acceptors (Lipinski definition) is 3. The Morgan fingerprint density at radius 3 is 2.78 bits per heavy atom. The zero-order chi connectivity index (χ0) is 13.3. The van der Waals surface area contributed by atoms with Gasteiger partial charge in [0.2, 0.25) is 0 Å². The fourth-order valence-electron chi connectivity index (χ4n) is 1.71. The van der Waals surface area contributed by atoms with Gasteiger partial charge in [0.1, 0.15) is 4.99 Å². The van der Waals surface area contributed by atoms with Gasteiger partial charge in [-0.3, -0.25) is 9.67 Å². The van der Waals surface area contributed by atoms with Crippen LogP contribution in [0.5, 0.6) is 0 Å². The number of aryl methyl sites for hydroxylation is 1. The molecule has 0 spiro atoms. The molecule has 0 aromatic carbocycles. The molecule has 0 aliphatic rings. The molecular formula is C12H13BrN4S. The number of pyridine rings is 1. The molecule has 0 bridgehead atoms. The third-order valence-corrected chi connectivity index (χ3v) is 4.06. The molecule has 2 N–H and O–H groups in total. The van der Waals surface area contributed by atoms with E-state index in [4.69, 9.17) is 18.0 Å². The molecule has 18 heavy (non-hydrogen) atoms. The van der Waals surface area contributed by atoms with E-state index < -0.39 is 0 Å². The third-order valence-electron chi connectivity index (χ3n) is 2.70. The second kappa shape index (κ2) is 5.16. The Balaban J connectivity index is 2.31. The van der Waals surface area contributed by atoms with E-state index in [1.54, 1.807) is 6.20 Å². The average Bonchev–Trinajstić information content (AvgIpc) is 2.57. The van der Waals surface area contributed by atoms with Crippen LogP contribution in [0.3, 0.4) is 0 Å². The Bertz CT molecular complexity index is 606. The van der Waals surface area contributed by atoms with Crippen LogP contribution in [0.15, 0.2) is 22.8 Å². The SMILES string of the molecule is Cc1nn(Cc2ccnc(C(N)=S)c2)c(C)c1Br. The summed E-state index contributed by atoms with van der Waals surface area (Å²) in [5, 5.41) is 4.46. The molecule has 0 aliphatic heterocycles. The van der Waals surface area contributed by atoms with Gasteiger partial charge in [0.05, 0.1) is 28.1 Å². The Kier molecular flexibility index (Phi) is 3.77. The summed E-state index contributed by atoms with van der Waals surface area (Å²) < 4.78 is 2.99. The first-order valence-corrected chi connectivity index (χ1v) is 6.63. The van der Waals surface area contributed by atoms with E-state index in [-0.39, 0.29) is 0 Å². The standard InChI is InChI=1S/C12H13BrN4S/c1-7-11(13)8(2)17(16-7)6-9-3-4-15-10(5-9)12(14)18/h3-5H,6H2,1-2H3,(H2,14,18). The van der Waals surface area contributed by atoms with Crippen LogP contribution >= 0.6 is 28.1 Å². The highest BCUT2D eigenvalue weighted by molar-refractivity contribution is 9.10. The Morgan fingerprint density at radius 2 is 2.22 bits per heavy atom. The Labute approximate surface area is 119 Å². The van der Waals surface area contributed by atoms with Crippen molar-refractivity contribution in [2.45, 2.75) is 20.4 Å². The summed E-state index contributed by atoms with van der Waals surface area (Å²) in [5.74, 6) is 0. The van der Waals surface area contributed by atoms with E-state index in [2.05, 4.69) is 26.0 Å². The molecule has 2 aromatic heterocycles.